The van der Waals surface area contributed by atoms with Crippen LogP contribution in [-0.4, -0.2) is 172 Å². The summed E-state index contributed by atoms with van der Waals surface area (Å²) in [7, 11) is -2.30. The van der Waals surface area contributed by atoms with E-state index < -0.39 is 143 Å². The van der Waals surface area contributed by atoms with E-state index in [2.05, 4.69) is 6.92 Å². The molecule has 19 heteroatoms. The largest absolute Gasteiger partial charge is 0.397 e. The van der Waals surface area contributed by atoms with Crippen molar-refractivity contribution in [3.63, 3.8) is 0 Å². The molecule has 0 aromatic heterocycles. The van der Waals surface area contributed by atoms with Crippen LogP contribution in [0.4, 0.5) is 0 Å². The number of ether oxygens (including phenoxy) is 6. The van der Waals surface area contributed by atoms with Gasteiger partial charge in [-0.05, 0) is 93.3 Å². The minimum Gasteiger partial charge on any atom is -0.393 e. The van der Waals surface area contributed by atoms with Crippen molar-refractivity contribution >= 4 is 10.4 Å². The van der Waals surface area contributed by atoms with Crippen molar-refractivity contribution in [1.29, 1.82) is 0 Å². The second kappa shape index (κ2) is 17.9. The normalized spacial score (nSPS) is 52.0. The van der Waals surface area contributed by atoms with Crippen LogP contribution >= 0.6 is 0 Å². The first-order chi connectivity index (χ1) is 27.9. The van der Waals surface area contributed by atoms with Gasteiger partial charge in [-0.25, -0.2) is 4.18 Å². The Balaban J connectivity index is 1.20. The molecule has 60 heavy (non-hydrogen) atoms. The van der Waals surface area contributed by atoms with E-state index in [0.29, 0.717) is 44.9 Å². The minimum atomic E-state index is -5.04. The van der Waals surface area contributed by atoms with Crippen LogP contribution in [0.5, 0.6) is 0 Å². The maximum atomic E-state index is 12.7. The van der Waals surface area contributed by atoms with Crippen molar-refractivity contribution in [2.45, 2.75) is 197 Å². The summed E-state index contributed by atoms with van der Waals surface area (Å²) in [6.07, 6.45) is -16.1. The Morgan fingerprint density at radius 3 is 1.92 bits per heavy atom. The van der Waals surface area contributed by atoms with Gasteiger partial charge in [0.05, 0.1) is 42.7 Å². The lowest BCUT2D eigenvalue weighted by atomic mass is 9.40. The molecular weight excluding hydrogens is 813 g/mol. The summed E-state index contributed by atoms with van der Waals surface area (Å²) in [6, 6.07) is 0. The molecule has 2 saturated heterocycles. The zero-order chi connectivity index (χ0) is 44.6. The number of hydrogen-bond acceptors (Lipinski definition) is 17. The minimum absolute atomic E-state index is 0.0357. The topological polar surface area (TPSA) is 281 Å². The van der Waals surface area contributed by atoms with Crippen LogP contribution in [0.3, 0.4) is 0 Å². The molecule has 4 saturated carbocycles. The SMILES string of the molecule is COC1C(C)OC(OC2C(OC(CCC(C)C3CC(O)C4C3(C)CCC3C5(C)CCC(O)C(O)C5C(O)C(O)C34O)C(C)C)OC(C)C(OS(=O)(=O)O)C2O)C(OC)C1O. The van der Waals surface area contributed by atoms with Gasteiger partial charge < -0.3 is 69.3 Å². The lowest BCUT2D eigenvalue weighted by Crippen LogP contribution is -2.76. The monoisotopic (exact) mass is 884 g/mol. The first-order valence-electron chi connectivity index (χ1n) is 21.7. The van der Waals surface area contributed by atoms with Gasteiger partial charge in [-0.3, -0.25) is 4.55 Å². The van der Waals surface area contributed by atoms with Crippen molar-refractivity contribution in [3.8, 4) is 0 Å². The van der Waals surface area contributed by atoms with Crippen molar-refractivity contribution in [3.05, 3.63) is 0 Å². The van der Waals surface area contributed by atoms with Crippen LogP contribution in [0.25, 0.3) is 0 Å². The fourth-order valence-corrected chi connectivity index (χ4v) is 13.7. The molecular formula is C41H72O18S. The summed E-state index contributed by atoms with van der Waals surface area (Å²) < 4.78 is 73.9. The lowest BCUT2D eigenvalue weighted by Gasteiger charge is -2.68. The fourth-order valence-electron chi connectivity index (χ4n) is 13.2. The van der Waals surface area contributed by atoms with Gasteiger partial charge in [0.2, 0.25) is 0 Å². The number of aliphatic hydroxyl groups is 8. The molecule has 24 atom stereocenters. The van der Waals surface area contributed by atoms with Crippen LogP contribution in [0.1, 0.15) is 93.4 Å². The van der Waals surface area contributed by atoms with Gasteiger partial charge in [-0.2, -0.15) is 8.42 Å². The summed E-state index contributed by atoms with van der Waals surface area (Å²) in [4.78, 5) is 0. The maximum Gasteiger partial charge on any atom is 0.397 e. The highest BCUT2D eigenvalue weighted by Gasteiger charge is 2.75. The van der Waals surface area contributed by atoms with Crippen molar-refractivity contribution in [2.24, 2.45) is 46.3 Å². The average molecular weight is 885 g/mol. The summed E-state index contributed by atoms with van der Waals surface area (Å²) in [5.74, 6) is -2.41. The Morgan fingerprint density at radius 1 is 0.733 bits per heavy atom. The Morgan fingerprint density at radius 2 is 1.32 bits per heavy atom. The van der Waals surface area contributed by atoms with Crippen molar-refractivity contribution in [2.75, 3.05) is 14.2 Å². The Labute approximate surface area is 353 Å². The number of rotatable bonds is 13. The molecule has 0 spiro atoms. The van der Waals surface area contributed by atoms with Crippen LogP contribution in [0, 0.1) is 46.3 Å². The van der Waals surface area contributed by atoms with Crippen LogP contribution < -0.4 is 0 Å². The van der Waals surface area contributed by atoms with Crippen molar-refractivity contribution in [1.82, 2.24) is 0 Å². The van der Waals surface area contributed by atoms with E-state index in [0.717, 1.165) is 0 Å². The highest BCUT2D eigenvalue weighted by Crippen LogP contribution is 2.70. The predicted octanol–water partition coefficient (Wildman–Crippen LogP) is 0.276. The molecule has 9 N–H and O–H groups in total. The number of fused-ring (bicyclic) bond motifs is 5. The molecule has 0 amide bonds. The van der Waals surface area contributed by atoms with Gasteiger partial charge in [0.1, 0.15) is 48.3 Å². The Hall–Kier alpha value is -0.690. The molecule has 0 bridgehead atoms. The Kier molecular flexibility index (Phi) is 14.6. The van der Waals surface area contributed by atoms with Crippen molar-refractivity contribution < 1.29 is 86.4 Å². The summed E-state index contributed by atoms with van der Waals surface area (Å²) >= 11 is 0. The van der Waals surface area contributed by atoms with E-state index in [1.54, 1.807) is 6.92 Å². The molecule has 2 heterocycles. The van der Waals surface area contributed by atoms with E-state index >= 15 is 0 Å². The van der Waals surface area contributed by atoms with Crippen LogP contribution in [0.2, 0.25) is 0 Å². The molecule has 0 radical (unpaired) electrons. The van der Waals surface area contributed by atoms with Crippen LogP contribution in [-0.2, 0) is 43.0 Å². The number of aliphatic hydroxyl groups excluding tert-OH is 7. The van der Waals surface area contributed by atoms with Gasteiger partial charge >= 0.3 is 10.4 Å². The average Bonchev–Trinajstić information content (AvgIpc) is 3.44. The molecule has 6 aliphatic rings. The number of hydrogen-bond donors (Lipinski definition) is 9. The summed E-state index contributed by atoms with van der Waals surface area (Å²) in [5.41, 5.74) is -3.27. The molecule has 18 nitrogen and oxygen atoms in total. The number of methoxy groups -OCH3 is 2. The van der Waals surface area contributed by atoms with Gasteiger partial charge in [-0.1, -0.05) is 34.6 Å². The smallest absolute Gasteiger partial charge is 0.393 e. The van der Waals surface area contributed by atoms with E-state index in [1.165, 1.54) is 21.1 Å². The lowest BCUT2D eigenvalue weighted by molar-refractivity contribution is -0.368. The molecule has 0 aromatic carbocycles. The third kappa shape index (κ3) is 8.37. The third-order valence-electron chi connectivity index (χ3n) is 16.1. The summed E-state index contributed by atoms with van der Waals surface area (Å²) in [5, 5.41) is 92.0. The zero-order valence-electron chi connectivity index (χ0n) is 36.3. The van der Waals surface area contributed by atoms with Gasteiger partial charge in [-0.15, -0.1) is 0 Å². The highest BCUT2D eigenvalue weighted by atomic mass is 32.3. The molecule has 2 aliphatic heterocycles. The fraction of sp³-hybridized carbons (Fsp3) is 1.00. The second-order valence-corrected chi connectivity index (χ2v) is 20.8. The standard InChI is InChI=1S/C41H72O18S/c1-17(2)24(57-38-34(30(47)32(20(5)56-38)59-60(50,51)52)58-37-33(54-9)29(46)31(53-8)19(4)55-37)11-10-18(3)21-16-23(43)35-39(21,6)15-13-25-40(7)14-12-22(42)27(44)26(40)28(45)36(48)41(25,35)49/h17-38,42-49H,10-16H2,1-9H3,(H,50,51,52). The molecule has 24 unspecified atom stereocenters. The zero-order valence-corrected chi connectivity index (χ0v) is 37.1. The maximum absolute atomic E-state index is 12.7. The van der Waals surface area contributed by atoms with E-state index in [1.807, 2.05) is 27.7 Å². The van der Waals surface area contributed by atoms with Gasteiger partial charge in [0, 0.05) is 26.1 Å². The van der Waals surface area contributed by atoms with E-state index in [9.17, 15) is 53.8 Å². The highest BCUT2D eigenvalue weighted by molar-refractivity contribution is 7.80. The predicted molar refractivity (Wildman–Crippen MR) is 210 cm³/mol. The molecule has 4 aliphatic carbocycles. The first-order valence-corrected chi connectivity index (χ1v) is 23.1. The second-order valence-electron chi connectivity index (χ2n) is 19.8. The third-order valence-corrected chi connectivity index (χ3v) is 16.6. The van der Waals surface area contributed by atoms with Gasteiger partial charge in [0.25, 0.3) is 0 Å². The van der Waals surface area contributed by atoms with Gasteiger partial charge in [0.15, 0.2) is 12.6 Å². The molecule has 350 valence electrons. The summed E-state index contributed by atoms with van der Waals surface area (Å²) in [6.45, 7) is 13.1. The quantitative estimate of drug-likeness (QED) is 0.112. The molecule has 0 aromatic rings. The van der Waals surface area contributed by atoms with E-state index in [4.69, 9.17) is 32.6 Å². The molecule has 6 fully saturated rings. The Bertz CT molecular complexity index is 1570. The molecule has 6 rings (SSSR count). The van der Waals surface area contributed by atoms with E-state index in [-0.39, 0.29) is 17.8 Å². The van der Waals surface area contributed by atoms with Crippen LogP contribution in [0.15, 0.2) is 0 Å². The first kappa shape index (κ1) is 48.8.